The van der Waals surface area contributed by atoms with E-state index >= 15 is 0 Å². The number of alkyl halides is 2. The van der Waals surface area contributed by atoms with Crippen molar-refractivity contribution in [1.29, 1.82) is 5.41 Å². The number of carbonyl (C=O) groups excluding carboxylic acids is 1. The minimum Gasteiger partial charge on any atom is -0.463 e. The van der Waals surface area contributed by atoms with E-state index in [-0.39, 0.29) is 31.9 Å². The van der Waals surface area contributed by atoms with Gasteiger partial charge in [0.1, 0.15) is 0 Å². The quantitative estimate of drug-likeness (QED) is 0.417. The van der Waals surface area contributed by atoms with Gasteiger partial charge in [-0.05, 0) is 24.3 Å². The lowest BCUT2D eigenvalue weighted by Gasteiger charge is -2.37. The number of halogens is 3. The highest BCUT2D eigenvalue weighted by Crippen LogP contribution is 2.47. The number of rotatable bonds is 7. The molecule has 1 aliphatic carbocycles. The van der Waals surface area contributed by atoms with Crippen molar-refractivity contribution in [2.75, 3.05) is 19.7 Å². The Hall–Kier alpha value is -1.73. The summed E-state index contributed by atoms with van der Waals surface area (Å²) < 4.78 is 32.7. The van der Waals surface area contributed by atoms with E-state index < -0.39 is 29.8 Å². The van der Waals surface area contributed by atoms with Crippen LogP contribution in [0.3, 0.4) is 0 Å². The van der Waals surface area contributed by atoms with Gasteiger partial charge < -0.3 is 14.7 Å². The normalized spacial score (nSPS) is 23.7. The zero-order valence-electron chi connectivity index (χ0n) is 14.9. The molecule has 0 aromatic heterocycles. The lowest BCUT2D eigenvalue weighted by molar-refractivity contribution is -0.175. The molecule has 0 radical (unpaired) electrons. The first kappa shape index (κ1) is 21.6. The van der Waals surface area contributed by atoms with Gasteiger partial charge in [-0.25, -0.2) is 13.6 Å². The maximum Gasteiger partial charge on any atom is 0.343 e. The highest BCUT2D eigenvalue weighted by molar-refractivity contribution is 5.85. The second kappa shape index (κ2) is 8.52. The van der Waals surface area contributed by atoms with E-state index in [2.05, 4.69) is 0 Å². The van der Waals surface area contributed by atoms with E-state index in [9.17, 15) is 18.7 Å². The average Bonchev–Trinajstić information content (AvgIpc) is 2.97. The molecule has 1 aliphatic heterocycles. The minimum absolute atomic E-state index is 0. The minimum atomic E-state index is -2.87. The van der Waals surface area contributed by atoms with Crippen molar-refractivity contribution in [3.8, 4) is 0 Å². The van der Waals surface area contributed by atoms with Crippen molar-refractivity contribution >= 4 is 24.7 Å². The Bertz CT molecular complexity index is 656. The summed E-state index contributed by atoms with van der Waals surface area (Å²) >= 11 is 0. The molecule has 2 aliphatic rings. The van der Waals surface area contributed by atoms with Crippen LogP contribution in [0.1, 0.15) is 31.2 Å². The molecule has 2 unspecified atom stereocenters. The smallest absolute Gasteiger partial charge is 0.343 e. The monoisotopic (exact) mass is 402 g/mol. The molecule has 1 heterocycles. The zero-order chi connectivity index (χ0) is 18.8. The topological polar surface area (TPSA) is 73.6 Å². The van der Waals surface area contributed by atoms with Gasteiger partial charge in [0, 0.05) is 31.8 Å². The predicted octanol–water partition coefficient (Wildman–Crippen LogP) is 3.20. The number of nitrogens with zero attached hydrogens (tertiary/aromatic N) is 1. The second-order valence-electron chi connectivity index (χ2n) is 7.30. The Labute approximate surface area is 163 Å². The highest BCUT2D eigenvalue weighted by Gasteiger charge is 2.54. The lowest BCUT2D eigenvalue weighted by Crippen LogP contribution is -2.47. The van der Waals surface area contributed by atoms with Crippen LogP contribution in [0.2, 0.25) is 0 Å². The summed E-state index contributed by atoms with van der Waals surface area (Å²) in [5, 5.41) is 18.3. The fourth-order valence-corrected chi connectivity index (χ4v) is 3.85. The van der Waals surface area contributed by atoms with Crippen LogP contribution in [0.5, 0.6) is 0 Å². The Morgan fingerprint density at radius 1 is 1.37 bits per heavy atom. The number of hydrogen-bond donors (Lipinski definition) is 2. The second-order valence-corrected chi connectivity index (χ2v) is 7.30. The third kappa shape index (κ3) is 4.58. The Balaban J connectivity index is 0.00000261. The van der Waals surface area contributed by atoms with E-state index in [1.807, 2.05) is 4.90 Å². The summed E-state index contributed by atoms with van der Waals surface area (Å²) in [6, 6.07) is 8.23. The van der Waals surface area contributed by atoms with Crippen molar-refractivity contribution in [3.63, 3.8) is 0 Å². The lowest BCUT2D eigenvalue weighted by atomic mass is 9.80. The van der Waals surface area contributed by atoms with Gasteiger partial charge in [0.25, 0.3) is 0 Å². The first-order chi connectivity index (χ1) is 12.3. The van der Waals surface area contributed by atoms with Gasteiger partial charge in [-0.1, -0.05) is 30.3 Å². The van der Waals surface area contributed by atoms with Gasteiger partial charge >= 0.3 is 5.97 Å². The van der Waals surface area contributed by atoms with E-state index in [1.165, 1.54) is 6.34 Å². The molecule has 0 bridgehead atoms. The summed E-state index contributed by atoms with van der Waals surface area (Å²) in [5.74, 6) is -4.25. The van der Waals surface area contributed by atoms with E-state index in [0.29, 0.717) is 17.9 Å². The third-order valence-corrected chi connectivity index (χ3v) is 5.45. The van der Waals surface area contributed by atoms with Crippen LogP contribution >= 0.6 is 12.4 Å². The van der Waals surface area contributed by atoms with Gasteiger partial charge in [0.05, 0.1) is 12.9 Å². The van der Waals surface area contributed by atoms with Gasteiger partial charge in [0.2, 0.25) is 5.92 Å². The maximum atomic E-state index is 13.7. The molecule has 8 heteroatoms. The zero-order valence-corrected chi connectivity index (χ0v) is 15.8. The first-order valence-electron chi connectivity index (χ1n) is 8.93. The van der Waals surface area contributed by atoms with Crippen molar-refractivity contribution in [1.82, 2.24) is 4.90 Å². The van der Waals surface area contributed by atoms with Crippen LogP contribution in [-0.4, -0.2) is 47.9 Å². The number of aliphatic hydroxyl groups is 1. The molecule has 1 aromatic carbocycles. The number of benzene rings is 1. The summed E-state index contributed by atoms with van der Waals surface area (Å²) in [6.07, 6.45) is 1.12. The summed E-state index contributed by atoms with van der Waals surface area (Å²) in [4.78, 5) is 14.5. The predicted molar refractivity (Wildman–Crippen MR) is 99.3 cm³/mol. The number of carbonyl (C=O) groups is 1. The van der Waals surface area contributed by atoms with Crippen LogP contribution in [0.25, 0.3) is 0 Å². The number of hydrogen-bond acceptors (Lipinski definition) is 4. The molecule has 5 nitrogen and oxygen atoms in total. The third-order valence-electron chi connectivity index (χ3n) is 5.45. The molecule has 1 saturated heterocycles. The fraction of sp³-hybridized carbons (Fsp3) is 0.579. The summed E-state index contributed by atoms with van der Waals surface area (Å²) in [5.41, 5.74) is -1.76. The Kier molecular flexibility index (Phi) is 6.81. The molecule has 2 N–H and O–H groups in total. The molecule has 2 fully saturated rings. The molecular formula is C19H25ClF2N2O3. The Morgan fingerprint density at radius 3 is 2.59 bits per heavy atom. The molecule has 27 heavy (non-hydrogen) atoms. The molecule has 0 amide bonds. The van der Waals surface area contributed by atoms with E-state index in [0.717, 1.165) is 13.1 Å². The van der Waals surface area contributed by atoms with Gasteiger partial charge in [-0.15, -0.1) is 12.4 Å². The Morgan fingerprint density at radius 2 is 2.04 bits per heavy atom. The summed E-state index contributed by atoms with van der Waals surface area (Å²) in [7, 11) is 0. The van der Waals surface area contributed by atoms with Crippen LogP contribution in [-0.2, 0) is 15.1 Å². The van der Waals surface area contributed by atoms with Crippen LogP contribution in [0, 0.1) is 17.2 Å². The molecule has 3 rings (SSSR count). The molecular weight excluding hydrogens is 378 g/mol. The largest absolute Gasteiger partial charge is 0.463 e. The maximum absolute atomic E-state index is 13.7. The van der Waals surface area contributed by atoms with Gasteiger partial charge in [0.15, 0.2) is 5.60 Å². The molecule has 0 spiro atoms. The van der Waals surface area contributed by atoms with Crippen molar-refractivity contribution in [3.05, 3.63) is 35.9 Å². The van der Waals surface area contributed by atoms with Crippen molar-refractivity contribution in [2.24, 2.45) is 11.8 Å². The van der Waals surface area contributed by atoms with Crippen molar-refractivity contribution < 1.29 is 23.4 Å². The number of esters is 1. The standard InChI is InChI=1S/C19H24F2N2O3.ClH/c20-18(21)8-6-16(10-18)19(25,15-4-2-1-3-5-15)17(24)26-9-7-14-11-23(12-14)13-22;/h1-5,13-14,16,22,25H,6-12H2;1H. The van der Waals surface area contributed by atoms with Crippen LogP contribution in [0.4, 0.5) is 8.78 Å². The molecule has 2 atom stereocenters. The van der Waals surface area contributed by atoms with Gasteiger partial charge in [-0.3, -0.25) is 5.41 Å². The average molecular weight is 403 g/mol. The first-order valence-corrected chi connectivity index (χ1v) is 8.93. The van der Waals surface area contributed by atoms with E-state index in [4.69, 9.17) is 10.1 Å². The van der Waals surface area contributed by atoms with Crippen LogP contribution < -0.4 is 0 Å². The molecule has 150 valence electrons. The summed E-state index contributed by atoms with van der Waals surface area (Å²) in [6.45, 7) is 1.63. The van der Waals surface area contributed by atoms with E-state index in [1.54, 1.807) is 30.3 Å². The van der Waals surface area contributed by atoms with Crippen LogP contribution in [0.15, 0.2) is 30.3 Å². The molecule has 1 saturated carbocycles. The highest BCUT2D eigenvalue weighted by atomic mass is 35.5. The number of nitrogens with one attached hydrogen (secondary N) is 1. The molecule has 1 aromatic rings. The van der Waals surface area contributed by atoms with Crippen molar-refractivity contribution in [2.45, 2.75) is 37.2 Å². The SMILES string of the molecule is Cl.N=CN1CC(CCOC(=O)C(O)(c2ccccc2)C2CCC(F)(F)C2)C1. The number of ether oxygens (including phenoxy) is 1. The van der Waals surface area contributed by atoms with Gasteiger partial charge in [-0.2, -0.15) is 0 Å². The fourth-order valence-electron chi connectivity index (χ4n) is 3.85. The number of likely N-dealkylation sites (tertiary alicyclic amines) is 1.